The summed E-state index contributed by atoms with van der Waals surface area (Å²) in [4.78, 5) is 6.58. The van der Waals surface area contributed by atoms with Gasteiger partial charge in [0.1, 0.15) is 0 Å². The molecule has 1 aromatic heterocycles. The van der Waals surface area contributed by atoms with Crippen molar-refractivity contribution in [2.45, 2.75) is 46.3 Å². The average molecular weight is 238 g/mol. The first-order valence-corrected chi connectivity index (χ1v) is 6.44. The minimum Gasteiger partial charge on any atom is -0.333 e. The Labute approximate surface area is 105 Å². The van der Waals surface area contributed by atoms with Gasteiger partial charge in [-0.05, 0) is 26.8 Å². The first-order valence-electron chi connectivity index (χ1n) is 6.44. The Morgan fingerprint density at radius 3 is 2.53 bits per heavy atom. The largest absolute Gasteiger partial charge is 0.333 e. The van der Waals surface area contributed by atoms with E-state index in [1.165, 1.54) is 5.69 Å². The minimum atomic E-state index is 0.245. The van der Waals surface area contributed by atoms with Gasteiger partial charge in [0.05, 0.1) is 18.1 Å². The lowest BCUT2D eigenvalue weighted by Crippen LogP contribution is -2.40. The zero-order valence-electron chi connectivity index (χ0n) is 11.7. The molecule has 4 heteroatoms. The van der Waals surface area contributed by atoms with Crippen molar-refractivity contribution in [3.8, 4) is 0 Å². The number of nitrogens with zero attached hydrogens (tertiary/aromatic N) is 3. The molecule has 2 atom stereocenters. The molecule has 0 aliphatic heterocycles. The van der Waals surface area contributed by atoms with E-state index in [0.717, 1.165) is 6.54 Å². The van der Waals surface area contributed by atoms with E-state index in [9.17, 15) is 0 Å². The van der Waals surface area contributed by atoms with Crippen molar-refractivity contribution in [2.75, 3.05) is 13.6 Å². The predicted octanol–water partition coefficient (Wildman–Crippen LogP) is 1.88. The number of hydrogen-bond donors (Lipinski definition) is 1. The van der Waals surface area contributed by atoms with Gasteiger partial charge in [-0.3, -0.25) is 4.90 Å². The standard InChI is InChI=1S/C13H26N4/c1-6-17-9-15-8-13(17)12(7-14)16(5)11(4)10(2)3/h8-12H,6-7,14H2,1-5H3. The van der Waals surface area contributed by atoms with Crippen LogP contribution in [-0.2, 0) is 6.54 Å². The molecule has 1 rings (SSSR count). The summed E-state index contributed by atoms with van der Waals surface area (Å²) in [6, 6.07) is 0.749. The van der Waals surface area contributed by atoms with Crippen LogP contribution in [0.1, 0.15) is 39.4 Å². The third-order valence-corrected chi connectivity index (χ3v) is 3.75. The fourth-order valence-electron chi connectivity index (χ4n) is 2.12. The van der Waals surface area contributed by atoms with E-state index in [1.54, 1.807) is 0 Å². The molecule has 0 saturated heterocycles. The quantitative estimate of drug-likeness (QED) is 0.823. The lowest BCUT2D eigenvalue weighted by Gasteiger charge is -2.34. The Morgan fingerprint density at radius 1 is 1.41 bits per heavy atom. The normalized spacial score (nSPS) is 15.5. The van der Waals surface area contributed by atoms with Crippen LogP contribution in [-0.4, -0.2) is 34.1 Å². The van der Waals surface area contributed by atoms with Crippen LogP contribution in [0.5, 0.6) is 0 Å². The molecule has 0 spiro atoms. The van der Waals surface area contributed by atoms with Gasteiger partial charge in [0.2, 0.25) is 0 Å². The summed E-state index contributed by atoms with van der Waals surface area (Å²) < 4.78 is 2.17. The molecule has 2 unspecified atom stereocenters. The molecule has 0 aliphatic carbocycles. The third kappa shape index (κ3) is 3.07. The molecule has 4 nitrogen and oxygen atoms in total. The summed E-state index contributed by atoms with van der Waals surface area (Å²) in [7, 11) is 2.15. The zero-order chi connectivity index (χ0) is 13.0. The van der Waals surface area contributed by atoms with E-state index in [-0.39, 0.29) is 6.04 Å². The summed E-state index contributed by atoms with van der Waals surface area (Å²) in [6.07, 6.45) is 3.82. The molecule has 98 valence electrons. The van der Waals surface area contributed by atoms with E-state index >= 15 is 0 Å². The lowest BCUT2D eigenvalue weighted by atomic mass is 10.0. The van der Waals surface area contributed by atoms with Crippen LogP contribution in [0, 0.1) is 5.92 Å². The van der Waals surface area contributed by atoms with Crippen LogP contribution in [0.2, 0.25) is 0 Å². The maximum atomic E-state index is 5.94. The highest BCUT2D eigenvalue weighted by Gasteiger charge is 2.24. The van der Waals surface area contributed by atoms with Crippen LogP contribution in [0.4, 0.5) is 0 Å². The number of aryl methyl sites for hydroxylation is 1. The second-order valence-electron chi connectivity index (χ2n) is 5.01. The van der Waals surface area contributed by atoms with E-state index in [1.807, 2.05) is 12.5 Å². The Kier molecular flexibility index (Phi) is 5.15. The van der Waals surface area contributed by atoms with Crippen LogP contribution < -0.4 is 5.73 Å². The highest BCUT2D eigenvalue weighted by molar-refractivity contribution is 5.07. The fourth-order valence-corrected chi connectivity index (χ4v) is 2.12. The van der Waals surface area contributed by atoms with Crippen molar-refractivity contribution in [1.82, 2.24) is 14.5 Å². The summed E-state index contributed by atoms with van der Waals surface area (Å²) in [5.74, 6) is 0.618. The maximum absolute atomic E-state index is 5.94. The molecule has 0 fully saturated rings. The Bertz CT molecular complexity index is 332. The smallest absolute Gasteiger partial charge is 0.0948 e. The molecule has 0 aliphatic rings. The van der Waals surface area contributed by atoms with Crippen LogP contribution in [0.25, 0.3) is 0 Å². The van der Waals surface area contributed by atoms with E-state index in [4.69, 9.17) is 5.73 Å². The topological polar surface area (TPSA) is 47.1 Å². The molecule has 1 heterocycles. The molecule has 0 aromatic carbocycles. The van der Waals surface area contributed by atoms with E-state index in [0.29, 0.717) is 18.5 Å². The third-order valence-electron chi connectivity index (χ3n) is 3.75. The van der Waals surface area contributed by atoms with E-state index in [2.05, 4.69) is 49.2 Å². The molecular weight excluding hydrogens is 212 g/mol. The monoisotopic (exact) mass is 238 g/mol. The van der Waals surface area contributed by atoms with Crippen molar-refractivity contribution in [3.63, 3.8) is 0 Å². The summed E-state index contributed by atoms with van der Waals surface area (Å²) in [5, 5.41) is 0. The molecule has 1 aromatic rings. The number of likely N-dealkylation sites (N-methyl/N-ethyl adjacent to an activating group) is 1. The van der Waals surface area contributed by atoms with Crippen molar-refractivity contribution in [3.05, 3.63) is 18.2 Å². The summed E-state index contributed by atoms with van der Waals surface area (Å²) >= 11 is 0. The zero-order valence-corrected chi connectivity index (χ0v) is 11.7. The van der Waals surface area contributed by atoms with Gasteiger partial charge in [-0.2, -0.15) is 0 Å². The number of nitrogens with two attached hydrogens (primary N) is 1. The van der Waals surface area contributed by atoms with Crippen LogP contribution >= 0.6 is 0 Å². The van der Waals surface area contributed by atoms with Gasteiger partial charge in [-0.25, -0.2) is 4.98 Å². The molecule has 0 radical (unpaired) electrons. The number of rotatable bonds is 6. The van der Waals surface area contributed by atoms with Crippen LogP contribution in [0.3, 0.4) is 0 Å². The second kappa shape index (κ2) is 6.17. The highest BCUT2D eigenvalue weighted by atomic mass is 15.2. The Balaban J connectivity index is 2.91. The first kappa shape index (κ1) is 14.2. The number of hydrogen-bond acceptors (Lipinski definition) is 3. The van der Waals surface area contributed by atoms with Crippen molar-refractivity contribution >= 4 is 0 Å². The van der Waals surface area contributed by atoms with Gasteiger partial charge >= 0.3 is 0 Å². The first-order chi connectivity index (χ1) is 8.02. The molecule has 17 heavy (non-hydrogen) atoms. The maximum Gasteiger partial charge on any atom is 0.0948 e. The molecule has 0 bridgehead atoms. The average Bonchev–Trinajstić information content (AvgIpc) is 2.76. The lowest BCUT2D eigenvalue weighted by molar-refractivity contribution is 0.146. The number of imidazole rings is 1. The molecule has 0 saturated carbocycles. The number of aromatic nitrogens is 2. The van der Waals surface area contributed by atoms with Gasteiger partial charge in [-0.15, -0.1) is 0 Å². The van der Waals surface area contributed by atoms with Gasteiger partial charge < -0.3 is 10.3 Å². The van der Waals surface area contributed by atoms with Crippen molar-refractivity contribution < 1.29 is 0 Å². The van der Waals surface area contributed by atoms with Gasteiger partial charge in [0, 0.05) is 25.3 Å². The SMILES string of the molecule is CCn1cncc1C(CN)N(C)C(C)C(C)C. The predicted molar refractivity (Wildman–Crippen MR) is 71.8 cm³/mol. The highest BCUT2D eigenvalue weighted by Crippen LogP contribution is 2.22. The molecular formula is C13H26N4. The minimum absolute atomic E-state index is 0.245. The Hall–Kier alpha value is -0.870. The molecule has 0 amide bonds. The van der Waals surface area contributed by atoms with Crippen molar-refractivity contribution in [1.29, 1.82) is 0 Å². The summed E-state index contributed by atoms with van der Waals surface area (Å²) in [5.41, 5.74) is 7.16. The second-order valence-corrected chi connectivity index (χ2v) is 5.01. The van der Waals surface area contributed by atoms with Crippen molar-refractivity contribution in [2.24, 2.45) is 11.7 Å². The van der Waals surface area contributed by atoms with Gasteiger partial charge in [0.15, 0.2) is 0 Å². The van der Waals surface area contributed by atoms with Crippen LogP contribution in [0.15, 0.2) is 12.5 Å². The fraction of sp³-hybridized carbons (Fsp3) is 0.769. The Morgan fingerprint density at radius 2 is 2.06 bits per heavy atom. The van der Waals surface area contributed by atoms with Gasteiger partial charge in [0.25, 0.3) is 0 Å². The summed E-state index contributed by atoms with van der Waals surface area (Å²) in [6.45, 7) is 10.4. The van der Waals surface area contributed by atoms with E-state index < -0.39 is 0 Å². The van der Waals surface area contributed by atoms with Gasteiger partial charge in [-0.1, -0.05) is 13.8 Å². The molecule has 2 N–H and O–H groups in total.